The third-order valence-corrected chi connectivity index (χ3v) is 4.55. The van der Waals surface area contributed by atoms with Gasteiger partial charge in [0.15, 0.2) is 5.88 Å². The Morgan fingerprint density at radius 2 is 2.12 bits per heavy atom. The summed E-state index contributed by atoms with van der Waals surface area (Å²) < 4.78 is 18.9. The number of nitrogens with zero attached hydrogens (tertiary/aromatic N) is 1. The maximum absolute atomic E-state index is 13.3. The lowest BCUT2D eigenvalue weighted by atomic mass is 10.2. The molecule has 1 unspecified atom stereocenters. The number of hydrogen-bond donors (Lipinski definition) is 3. The number of hydrogen-bond acceptors (Lipinski definition) is 4. The van der Waals surface area contributed by atoms with Gasteiger partial charge < -0.3 is 20.1 Å². The number of aliphatic imine (C=N–C) groups is 1. The maximum atomic E-state index is 13.3. The van der Waals surface area contributed by atoms with Crippen LogP contribution >= 0.6 is 0 Å². The van der Waals surface area contributed by atoms with Gasteiger partial charge in [0.05, 0.1) is 22.9 Å². The second-order valence-corrected chi connectivity index (χ2v) is 6.40. The van der Waals surface area contributed by atoms with Gasteiger partial charge in [-0.2, -0.15) is 0 Å². The summed E-state index contributed by atoms with van der Waals surface area (Å²) in [5, 5.41) is 14.1. The first-order valence-corrected chi connectivity index (χ1v) is 8.69. The van der Waals surface area contributed by atoms with E-state index >= 15 is 0 Å². The van der Waals surface area contributed by atoms with Crippen LogP contribution < -0.4 is 5.32 Å². The standard InChI is InChI=1S/C20H20FN3O2/c21-13-3-8-17-18(20(25)24-19(17)10-13)12-23-15-6-4-14(5-7-15)22-11-16-2-1-9-26-16/h3-8,10,12,16,22,24-25H,1-2,9,11H2. The third-order valence-electron chi connectivity index (χ3n) is 4.55. The number of aromatic hydroxyl groups is 1. The van der Waals surface area contributed by atoms with Crippen LogP contribution in [0.3, 0.4) is 0 Å². The first-order chi connectivity index (χ1) is 12.7. The summed E-state index contributed by atoms with van der Waals surface area (Å²) in [4.78, 5) is 7.17. The van der Waals surface area contributed by atoms with Gasteiger partial charge in [-0.25, -0.2) is 4.39 Å². The molecule has 0 aliphatic carbocycles. The number of aromatic amines is 1. The first kappa shape index (κ1) is 16.6. The molecule has 0 saturated carbocycles. The van der Waals surface area contributed by atoms with Gasteiger partial charge in [-0.3, -0.25) is 4.99 Å². The number of aromatic nitrogens is 1. The minimum Gasteiger partial charge on any atom is -0.494 e. The van der Waals surface area contributed by atoms with Crippen molar-refractivity contribution in [3.63, 3.8) is 0 Å². The fraction of sp³-hybridized carbons (Fsp3) is 0.250. The second-order valence-electron chi connectivity index (χ2n) is 6.40. The molecule has 1 fully saturated rings. The molecule has 26 heavy (non-hydrogen) atoms. The molecule has 2 aromatic carbocycles. The third kappa shape index (κ3) is 3.55. The van der Waals surface area contributed by atoms with Gasteiger partial charge in [-0.05, 0) is 55.3 Å². The predicted octanol–water partition coefficient (Wildman–Crippen LogP) is 4.35. The molecule has 3 aromatic rings. The van der Waals surface area contributed by atoms with E-state index in [1.54, 1.807) is 12.3 Å². The summed E-state index contributed by atoms with van der Waals surface area (Å²) in [7, 11) is 0. The van der Waals surface area contributed by atoms with Crippen LogP contribution in [0.1, 0.15) is 18.4 Å². The van der Waals surface area contributed by atoms with Gasteiger partial charge in [0.2, 0.25) is 0 Å². The van der Waals surface area contributed by atoms with Crippen LogP contribution in [0.15, 0.2) is 47.5 Å². The Bertz CT molecular complexity index is 928. The Hall–Kier alpha value is -2.86. The van der Waals surface area contributed by atoms with E-state index in [2.05, 4.69) is 15.3 Å². The van der Waals surface area contributed by atoms with E-state index in [1.807, 2.05) is 24.3 Å². The maximum Gasteiger partial charge on any atom is 0.198 e. The van der Waals surface area contributed by atoms with Crippen molar-refractivity contribution in [3.8, 4) is 5.88 Å². The summed E-state index contributed by atoms with van der Waals surface area (Å²) in [5.74, 6) is -0.377. The van der Waals surface area contributed by atoms with Gasteiger partial charge in [0, 0.05) is 30.4 Å². The highest BCUT2D eigenvalue weighted by Gasteiger charge is 2.14. The average Bonchev–Trinajstić information content (AvgIpc) is 3.26. The van der Waals surface area contributed by atoms with Gasteiger partial charge in [-0.1, -0.05) is 0 Å². The van der Waals surface area contributed by atoms with Gasteiger partial charge in [0.25, 0.3) is 0 Å². The molecular formula is C20H20FN3O2. The van der Waals surface area contributed by atoms with E-state index < -0.39 is 0 Å². The lowest BCUT2D eigenvalue weighted by molar-refractivity contribution is 0.120. The minimum absolute atomic E-state index is 0.0239. The van der Waals surface area contributed by atoms with Crippen molar-refractivity contribution in [2.75, 3.05) is 18.5 Å². The number of benzene rings is 2. The van der Waals surface area contributed by atoms with Crippen molar-refractivity contribution in [2.24, 2.45) is 4.99 Å². The molecule has 0 bridgehead atoms. The van der Waals surface area contributed by atoms with Crippen LogP contribution in [0, 0.1) is 5.82 Å². The average molecular weight is 353 g/mol. The van der Waals surface area contributed by atoms with Crippen molar-refractivity contribution in [1.82, 2.24) is 4.98 Å². The SMILES string of the molecule is Oc1[nH]c2cc(F)ccc2c1C=Nc1ccc(NCC2CCCO2)cc1. The summed E-state index contributed by atoms with van der Waals surface area (Å²) in [6.07, 6.45) is 4.11. The number of halogens is 1. The molecular weight excluding hydrogens is 333 g/mol. The lowest BCUT2D eigenvalue weighted by Crippen LogP contribution is -2.18. The molecule has 1 saturated heterocycles. The normalized spacial score (nSPS) is 17.3. The number of H-pyrrole nitrogens is 1. The van der Waals surface area contributed by atoms with Gasteiger partial charge >= 0.3 is 0 Å². The highest BCUT2D eigenvalue weighted by atomic mass is 19.1. The van der Waals surface area contributed by atoms with Crippen LogP contribution in [0.25, 0.3) is 10.9 Å². The van der Waals surface area contributed by atoms with E-state index in [-0.39, 0.29) is 11.7 Å². The molecule has 3 N–H and O–H groups in total. The Morgan fingerprint density at radius 3 is 2.88 bits per heavy atom. The van der Waals surface area contributed by atoms with Crippen LogP contribution in [0.2, 0.25) is 0 Å². The Balaban J connectivity index is 1.46. The van der Waals surface area contributed by atoms with Crippen molar-refractivity contribution in [1.29, 1.82) is 0 Å². The fourth-order valence-electron chi connectivity index (χ4n) is 3.15. The Labute approximate surface area is 150 Å². The van der Waals surface area contributed by atoms with Crippen molar-refractivity contribution < 1.29 is 14.2 Å². The van der Waals surface area contributed by atoms with E-state index in [9.17, 15) is 9.50 Å². The summed E-state index contributed by atoms with van der Waals surface area (Å²) in [5.41, 5.74) is 2.87. The lowest BCUT2D eigenvalue weighted by Gasteiger charge is -2.11. The number of rotatable bonds is 5. The largest absolute Gasteiger partial charge is 0.494 e. The topological polar surface area (TPSA) is 69.6 Å². The zero-order chi connectivity index (χ0) is 17.9. The predicted molar refractivity (Wildman–Crippen MR) is 101 cm³/mol. The van der Waals surface area contributed by atoms with E-state index in [1.165, 1.54) is 12.1 Å². The van der Waals surface area contributed by atoms with Crippen molar-refractivity contribution in [2.45, 2.75) is 18.9 Å². The van der Waals surface area contributed by atoms with Gasteiger partial charge in [-0.15, -0.1) is 0 Å². The monoisotopic (exact) mass is 353 g/mol. The van der Waals surface area contributed by atoms with Crippen LogP contribution in [-0.2, 0) is 4.74 Å². The van der Waals surface area contributed by atoms with Crippen LogP contribution in [0.4, 0.5) is 15.8 Å². The van der Waals surface area contributed by atoms with Gasteiger partial charge in [0.1, 0.15) is 5.82 Å². The van der Waals surface area contributed by atoms with Crippen molar-refractivity contribution in [3.05, 3.63) is 53.8 Å². The van der Waals surface area contributed by atoms with Crippen LogP contribution in [-0.4, -0.2) is 35.6 Å². The zero-order valence-corrected chi connectivity index (χ0v) is 14.2. The quantitative estimate of drug-likeness (QED) is 0.597. The molecule has 5 nitrogen and oxygen atoms in total. The molecule has 1 aliphatic heterocycles. The smallest absolute Gasteiger partial charge is 0.198 e. The molecule has 1 atom stereocenters. The number of nitrogens with one attached hydrogen (secondary N) is 2. The molecule has 0 spiro atoms. The number of fused-ring (bicyclic) bond motifs is 1. The molecule has 0 amide bonds. The molecule has 0 radical (unpaired) electrons. The molecule has 6 heteroatoms. The number of anilines is 1. The molecule has 134 valence electrons. The minimum atomic E-state index is -0.353. The summed E-state index contributed by atoms with van der Waals surface area (Å²) in [6.45, 7) is 1.66. The van der Waals surface area contributed by atoms with E-state index in [0.717, 1.165) is 42.8 Å². The molecule has 2 heterocycles. The highest BCUT2D eigenvalue weighted by molar-refractivity contribution is 6.02. The molecule has 1 aromatic heterocycles. The highest BCUT2D eigenvalue weighted by Crippen LogP contribution is 2.27. The van der Waals surface area contributed by atoms with Crippen molar-refractivity contribution >= 4 is 28.5 Å². The number of ether oxygens (including phenoxy) is 1. The summed E-state index contributed by atoms with van der Waals surface area (Å²) >= 11 is 0. The fourth-order valence-corrected chi connectivity index (χ4v) is 3.15. The first-order valence-electron chi connectivity index (χ1n) is 8.69. The Kier molecular flexibility index (Phi) is 4.58. The second kappa shape index (κ2) is 7.17. The summed E-state index contributed by atoms with van der Waals surface area (Å²) in [6, 6.07) is 12.1. The molecule has 4 rings (SSSR count). The zero-order valence-electron chi connectivity index (χ0n) is 14.2. The van der Waals surface area contributed by atoms with E-state index in [4.69, 9.17) is 4.74 Å². The molecule has 1 aliphatic rings. The Morgan fingerprint density at radius 1 is 1.27 bits per heavy atom. The van der Waals surface area contributed by atoms with E-state index in [0.29, 0.717) is 17.2 Å². The van der Waals surface area contributed by atoms with Crippen LogP contribution in [0.5, 0.6) is 5.88 Å².